The Hall–Kier alpha value is -3.35. The SMILES string of the molecule is CC#CCn1c(N2CCC[C@@H](N)C2)nc2cnn(Cc3nc4cc(C)ccc4o3)c(=O)c21.Cl. The predicted octanol–water partition coefficient (Wildman–Crippen LogP) is 2.46. The molecule has 9 nitrogen and oxygen atoms in total. The highest BCUT2D eigenvalue weighted by Crippen LogP contribution is 2.23. The number of nitrogens with zero attached hydrogens (tertiary/aromatic N) is 6. The first kappa shape index (κ1) is 22.8. The van der Waals surface area contributed by atoms with Gasteiger partial charge in [0, 0.05) is 19.1 Å². The van der Waals surface area contributed by atoms with Crippen LogP contribution >= 0.6 is 12.4 Å². The van der Waals surface area contributed by atoms with Gasteiger partial charge in [-0.05, 0) is 44.4 Å². The van der Waals surface area contributed by atoms with Gasteiger partial charge >= 0.3 is 0 Å². The van der Waals surface area contributed by atoms with Crippen LogP contribution in [0.15, 0.2) is 33.6 Å². The Morgan fingerprint density at radius 1 is 1.27 bits per heavy atom. The molecule has 33 heavy (non-hydrogen) atoms. The van der Waals surface area contributed by atoms with Crippen LogP contribution < -0.4 is 16.2 Å². The third-order valence-electron chi connectivity index (χ3n) is 5.76. The van der Waals surface area contributed by atoms with Crippen molar-refractivity contribution in [1.82, 2.24) is 24.3 Å². The first-order valence-corrected chi connectivity index (χ1v) is 10.8. The number of nitrogens with two attached hydrogens (primary N) is 1. The van der Waals surface area contributed by atoms with Crippen LogP contribution in [0.25, 0.3) is 22.1 Å². The quantitative estimate of drug-likeness (QED) is 0.459. The topological polar surface area (TPSA) is 108 Å². The molecule has 4 heterocycles. The summed E-state index contributed by atoms with van der Waals surface area (Å²) >= 11 is 0. The zero-order valence-corrected chi connectivity index (χ0v) is 19.4. The number of aryl methyl sites for hydroxylation is 1. The lowest BCUT2D eigenvalue weighted by Crippen LogP contribution is -2.44. The summed E-state index contributed by atoms with van der Waals surface area (Å²) in [6.07, 6.45) is 3.60. The van der Waals surface area contributed by atoms with Crippen molar-refractivity contribution in [3.63, 3.8) is 0 Å². The first-order valence-electron chi connectivity index (χ1n) is 10.8. The van der Waals surface area contributed by atoms with Crippen LogP contribution in [0.1, 0.15) is 31.2 Å². The van der Waals surface area contributed by atoms with Crippen molar-refractivity contribution in [2.45, 2.75) is 45.8 Å². The lowest BCUT2D eigenvalue weighted by atomic mass is 10.1. The van der Waals surface area contributed by atoms with Crippen LogP contribution in [-0.4, -0.2) is 43.4 Å². The van der Waals surface area contributed by atoms with Crippen LogP contribution in [0, 0.1) is 18.8 Å². The Kier molecular flexibility index (Phi) is 6.40. The zero-order valence-electron chi connectivity index (χ0n) is 18.6. The number of fused-ring (bicyclic) bond motifs is 2. The van der Waals surface area contributed by atoms with E-state index < -0.39 is 0 Å². The highest BCUT2D eigenvalue weighted by Gasteiger charge is 2.24. The van der Waals surface area contributed by atoms with E-state index in [1.807, 2.05) is 29.7 Å². The van der Waals surface area contributed by atoms with Gasteiger partial charge in [-0.15, -0.1) is 18.3 Å². The number of imidazole rings is 1. The molecule has 0 spiro atoms. The molecule has 0 bridgehead atoms. The van der Waals surface area contributed by atoms with Crippen molar-refractivity contribution >= 4 is 40.5 Å². The molecule has 3 aromatic heterocycles. The van der Waals surface area contributed by atoms with E-state index >= 15 is 0 Å². The number of halogens is 1. The molecule has 4 aromatic rings. The summed E-state index contributed by atoms with van der Waals surface area (Å²) < 4.78 is 9.06. The van der Waals surface area contributed by atoms with Gasteiger partial charge in [-0.2, -0.15) is 5.10 Å². The number of rotatable bonds is 4. The average Bonchev–Trinajstić information content (AvgIpc) is 3.35. The fraction of sp³-hybridized carbons (Fsp3) is 0.391. The maximum Gasteiger partial charge on any atom is 0.293 e. The standard InChI is InChI=1S/C23H25N7O2.ClH/c1-3-4-10-29-21-18(27-23(29)28-9-5-6-16(24)13-28)12-25-30(22(21)31)14-20-26-17-11-15(2)7-8-19(17)32-20;/h7-8,11-12,16H,5-6,9-10,13-14,24H2,1-2H3;1H/t16-;/m1./s1. The summed E-state index contributed by atoms with van der Waals surface area (Å²) in [5, 5.41) is 4.33. The van der Waals surface area contributed by atoms with E-state index in [0.29, 0.717) is 41.5 Å². The summed E-state index contributed by atoms with van der Waals surface area (Å²) in [7, 11) is 0. The van der Waals surface area contributed by atoms with Gasteiger partial charge in [0.05, 0.1) is 12.7 Å². The highest BCUT2D eigenvalue weighted by molar-refractivity contribution is 5.85. The highest BCUT2D eigenvalue weighted by atomic mass is 35.5. The van der Waals surface area contributed by atoms with E-state index in [9.17, 15) is 4.79 Å². The second-order valence-corrected chi connectivity index (χ2v) is 8.19. The van der Waals surface area contributed by atoms with Crippen molar-refractivity contribution in [2.24, 2.45) is 5.73 Å². The Labute approximate surface area is 197 Å². The minimum Gasteiger partial charge on any atom is -0.439 e. The van der Waals surface area contributed by atoms with Crippen LogP contribution in [-0.2, 0) is 13.1 Å². The number of hydrogen-bond acceptors (Lipinski definition) is 7. The van der Waals surface area contributed by atoms with Crippen LogP contribution in [0.4, 0.5) is 5.95 Å². The Morgan fingerprint density at radius 2 is 2.12 bits per heavy atom. The average molecular weight is 468 g/mol. The molecule has 0 unspecified atom stereocenters. The third kappa shape index (κ3) is 4.32. The smallest absolute Gasteiger partial charge is 0.293 e. The van der Waals surface area contributed by atoms with Gasteiger partial charge in [0.2, 0.25) is 11.8 Å². The molecule has 0 amide bonds. The van der Waals surface area contributed by atoms with E-state index in [0.717, 1.165) is 30.5 Å². The molecule has 10 heteroatoms. The van der Waals surface area contributed by atoms with Gasteiger partial charge in [0.1, 0.15) is 23.1 Å². The van der Waals surface area contributed by atoms with Gasteiger partial charge in [-0.25, -0.2) is 14.6 Å². The minimum atomic E-state index is -0.251. The summed E-state index contributed by atoms with van der Waals surface area (Å²) in [5.74, 6) is 7.13. The maximum absolute atomic E-state index is 13.4. The van der Waals surface area contributed by atoms with E-state index in [2.05, 4.69) is 26.8 Å². The van der Waals surface area contributed by atoms with Crippen LogP contribution in [0.5, 0.6) is 0 Å². The van der Waals surface area contributed by atoms with Crippen molar-refractivity contribution in [1.29, 1.82) is 0 Å². The van der Waals surface area contributed by atoms with E-state index in [1.54, 1.807) is 13.1 Å². The van der Waals surface area contributed by atoms with Gasteiger partial charge in [-0.1, -0.05) is 12.0 Å². The molecule has 1 aromatic carbocycles. The lowest BCUT2D eigenvalue weighted by molar-refractivity contribution is 0.482. The second kappa shape index (κ2) is 9.25. The summed E-state index contributed by atoms with van der Waals surface area (Å²) in [4.78, 5) is 24.8. The van der Waals surface area contributed by atoms with E-state index in [-0.39, 0.29) is 30.6 Å². The normalized spacial score (nSPS) is 16.0. The van der Waals surface area contributed by atoms with Gasteiger partial charge < -0.3 is 15.1 Å². The van der Waals surface area contributed by atoms with Crippen molar-refractivity contribution in [3.8, 4) is 11.8 Å². The molecular formula is C23H26ClN7O2. The summed E-state index contributed by atoms with van der Waals surface area (Å²) in [6.45, 7) is 5.84. The monoisotopic (exact) mass is 467 g/mol. The predicted molar refractivity (Wildman–Crippen MR) is 130 cm³/mol. The van der Waals surface area contributed by atoms with Crippen LogP contribution in [0.2, 0.25) is 0 Å². The Bertz CT molecular complexity index is 1430. The number of aromatic nitrogens is 5. The van der Waals surface area contributed by atoms with Crippen molar-refractivity contribution in [3.05, 3.63) is 46.2 Å². The number of benzene rings is 1. The molecule has 1 saturated heterocycles. The Balaban J connectivity index is 0.00000259. The summed E-state index contributed by atoms with van der Waals surface area (Å²) in [6, 6.07) is 5.89. The number of piperidine rings is 1. The zero-order chi connectivity index (χ0) is 22.2. The van der Waals surface area contributed by atoms with Crippen molar-refractivity contribution in [2.75, 3.05) is 18.0 Å². The molecule has 1 fully saturated rings. The molecule has 5 rings (SSSR count). The minimum absolute atomic E-state index is 0. The van der Waals surface area contributed by atoms with Crippen LogP contribution in [0.3, 0.4) is 0 Å². The second-order valence-electron chi connectivity index (χ2n) is 8.19. The number of hydrogen-bond donors (Lipinski definition) is 1. The summed E-state index contributed by atoms with van der Waals surface area (Å²) in [5.41, 5.74) is 9.51. The molecule has 1 atom stereocenters. The largest absolute Gasteiger partial charge is 0.439 e. The first-order chi connectivity index (χ1) is 15.5. The molecule has 0 aliphatic carbocycles. The maximum atomic E-state index is 13.4. The van der Waals surface area contributed by atoms with Gasteiger partial charge in [0.25, 0.3) is 5.56 Å². The molecule has 0 saturated carbocycles. The molecule has 1 aliphatic rings. The molecule has 2 N–H and O–H groups in total. The molecular weight excluding hydrogens is 442 g/mol. The fourth-order valence-corrected chi connectivity index (χ4v) is 4.21. The third-order valence-corrected chi connectivity index (χ3v) is 5.76. The van der Waals surface area contributed by atoms with E-state index in [1.165, 1.54) is 4.68 Å². The number of anilines is 1. The molecule has 0 radical (unpaired) electrons. The van der Waals surface area contributed by atoms with Gasteiger partial charge in [0.15, 0.2) is 5.58 Å². The molecule has 172 valence electrons. The van der Waals surface area contributed by atoms with Crippen molar-refractivity contribution < 1.29 is 4.42 Å². The Morgan fingerprint density at radius 3 is 2.91 bits per heavy atom. The number of oxazole rings is 1. The fourth-order valence-electron chi connectivity index (χ4n) is 4.21. The molecule has 1 aliphatic heterocycles. The van der Waals surface area contributed by atoms with E-state index in [4.69, 9.17) is 15.1 Å². The van der Waals surface area contributed by atoms with Gasteiger partial charge in [-0.3, -0.25) is 9.36 Å². The lowest BCUT2D eigenvalue weighted by Gasteiger charge is -2.31.